The Hall–Kier alpha value is -2.10. The smallest absolute Gasteiger partial charge is 0.368 e. The molecule has 10 heteroatoms. The standard InChI is InChI=1S/C10H8F3N5OS/c1-4-2-6(19)17-9(15-4)20-7-3-5(10(11,12)13)16-8(14)18-7/h2-3H,1H3,(H2,14,16,18)(H,15,17,19). The van der Waals surface area contributed by atoms with Crippen LogP contribution in [0.4, 0.5) is 19.1 Å². The molecule has 0 aliphatic rings. The Balaban J connectivity index is 2.38. The van der Waals surface area contributed by atoms with E-state index in [1.807, 2.05) is 0 Å². The third kappa shape index (κ3) is 3.47. The van der Waals surface area contributed by atoms with Crippen molar-refractivity contribution in [3.05, 3.63) is 33.9 Å². The average molecular weight is 303 g/mol. The molecule has 2 aromatic heterocycles. The van der Waals surface area contributed by atoms with Gasteiger partial charge in [0.25, 0.3) is 5.56 Å². The number of nitrogens with zero attached hydrogens (tertiary/aromatic N) is 3. The van der Waals surface area contributed by atoms with Crippen molar-refractivity contribution in [2.75, 3.05) is 5.73 Å². The summed E-state index contributed by atoms with van der Waals surface area (Å²) in [4.78, 5) is 24.4. The molecule has 0 aromatic carbocycles. The number of H-pyrrole nitrogens is 1. The third-order valence-electron chi connectivity index (χ3n) is 2.06. The first-order valence-electron chi connectivity index (χ1n) is 5.21. The Morgan fingerprint density at radius 3 is 2.55 bits per heavy atom. The molecular weight excluding hydrogens is 295 g/mol. The molecule has 20 heavy (non-hydrogen) atoms. The number of aromatic nitrogens is 4. The molecule has 0 aliphatic carbocycles. The summed E-state index contributed by atoms with van der Waals surface area (Å²) in [7, 11) is 0. The average Bonchev–Trinajstić information content (AvgIpc) is 2.25. The van der Waals surface area contributed by atoms with Crippen LogP contribution in [0.1, 0.15) is 11.4 Å². The minimum atomic E-state index is -4.63. The van der Waals surface area contributed by atoms with Gasteiger partial charge in [-0.1, -0.05) is 0 Å². The van der Waals surface area contributed by atoms with E-state index in [0.717, 1.165) is 17.8 Å². The Kier molecular flexibility index (Phi) is 3.66. The molecule has 0 saturated carbocycles. The van der Waals surface area contributed by atoms with Gasteiger partial charge in [-0.25, -0.2) is 15.0 Å². The van der Waals surface area contributed by atoms with Gasteiger partial charge in [0, 0.05) is 17.8 Å². The number of nitrogens with one attached hydrogen (secondary N) is 1. The fourth-order valence-corrected chi connectivity index (χ4v) is 2.19. The first kappa shape index (κ1) is 14.3. The van der Waals surface area contributed by atoms with Crippen molar-refractivity contribution in [2.45, 2.75) is 23.3 Å². The van der Waals surface area contributed by atoms with Crippen LogP contribution in [0.3, 0.4) is 0 Å². The second kappa shape index (κ2) is 5.12. The molecule has 3 N–H and O–H groups in total. The van der Waals surface area contributed by atoms with Crippen molar-refractivity contribution < 1.29 is 13.2 Å². The molecule has 0 spiro atoms. The number of rotatable bonds is 2. The van der Waals surface area contributed by atoms with Crippen molar-refractivity contribution in [3.8, 4) is 0 Å². The number of halogens is 3. The third-order valence-corrected chi connectivity index (χ3v) is 2.86. The highest BCUT2D eigenvalue weighted by atomic mass is 32.2. The number of hydrogen-bond acceptors (Lipinski definition) is 6. The molecule has 2 aromatic rings. The van der Waals surface area contributed by atoms with Gasteiger partial charge in [0.15, 0.2) is 10.9 Å². The van der Waals surface area contributed by atoms with Crippen LogP contribution in [0.15, 0.2) is 27.1 Å². The SMILES string of the molecule is Cc1cc(=O)[nH]c(Sc2cc(C(F)(F)F)nc(N)n2)n1. The maximum Gasteiger partial charge on any atom is 0.433 e. The summed E-state index contributed by atoms with van der Waals surface area (Å²) in [6, 6.07) is 2.00. The van der Waals surface area contributed by atoms with E-state index in [0.29, 0.717) is 5.69 Å². The number of nitrogens with two attached hydrogens (primary N) is 1. The Labute approximate surface area is 114 Å². The number of alkyl halides is 3. The van der Waals surface area contributed by atoms with Crippen LogP contribution in [0.5, 0.6) is 0 Å². The minimum Gasteiger partial charge on any atom is -0.368 e. The molecular formula is C10H8F3N5OS. The maximum atomic E-state index is 12.6. The highest BCUT2D eigenvalue weighted by Gasteiger charge is 2.33. The monoisotopic (exact) mass is 303 g/mol. The lowest BCUT2D eigenvalue weighted by atomic mass is 10.4. The van der Waals surface area contributed by atoms with Crippen LogP contribution in [0.25, 0.3) is 0 Å². The van der Waals surface area contributed by atoms with Crippen molar-refractivity contribution in [2.24, 2.45) is 0 Å². The molecule has 0 saturated heterocycles. The Morgan fingerprint density at radius 1 is 1.25 bits per heavy atom. The van der Waals surface area contributed by atoms with E-state index in [4.69, 9.17) is 5.73 Å². The van der Waals surface area contributed by atoms with Gasteiger partial charge < -0.3 is 10.7 Å². The number of nitrogen functional groups attached to an aromatic ring is 1. The lowest BCUT2D eigenvalue weighted by Gasteiger charge is -2.08. The molecule has 0 aliphatic heterocycles. The van der Waals surface area contributed by atoms with E-state index in [1.54, 1.807) is 6.92 Å². The van der Waals surface area contributed by atoms with Gasteiger partial charge in [0.05, 0.1) is 0 Å². The summed E-state index contributed by atoms with van der Waals surface area (Å²) >= 11 is 0.763. The molecule has 0 radical (unpaired) electrons. The quantitative estimate of drug-likeness (QED) is 0.646. The second-order valence-corrected chi connectivity index (χ2v) is 4.75. The predicted octanol–water partition coefficient (Wildman–Crippen LogP) is 1.62. The van der Waals surface area contributed by atoms with Gasteiger partial charge in [0.2, 0.25) is 5.95 Å². The number of aryl methyl sites for hydroxylation is 1. The lowest BCUT2D eigenvalue weighted by Crippen LogP contribution is -2.11. The molecule has 6 nitrogen and oxygen atoms in total. The zero-order chi connectivity index (χ0) is 14.9. The summed E-state index contributed by atoms with van der Waals surface area (Å²) in [5, 5.41) is 0.0693. The summed E-state index contributed by atoms with van der Waals surface area (Å²) in [6.07, 6.45) is -4.63. The van der Waals surface area contributed by atoms with Gasteiger partial charge in [-0.3, -0.25) is 4.79 Å². The Morgan fingerprint density at radius 2 is 1.95 bits per heavy atom. The number of anilines is 1. The maximum absolute atomic E-state index is 12.6. The van der Waals surface area contributed by atoms with Gasteiger partial charge in [-0.2, -0.15) is 13.2 Å². The largest absolute Gasteiger partial charge is 0.433 e. The zero-order valence-corrected chi connectivity index (χ0v) is 10.8. The minimum absolute atomic E-state index is 0.0569. The van der Waals surface area contributed by atoms with Crippen LogP contribution in [-0.2, 0) is 6.18 Å². The molecule has 0 amide bonds. The molecule has 0 unspecified atom stereocenters. The van der Waals surface area contributed by atoms with E-state index >= 15 is 0 Å². The highest BCUT2D eigenvalue weighted by Crippen LogP contribution is 2.31. The van der Waals surface area contributed by atoms with Gasteiger partial charge in [-0.15, -0.1) is 0 Å². The predicted molar refractivity (Wildman–Crippen MR) is 65.2 cm³/mol. The van der Waals surface area contributed by atoms with E-state index in [1.165, 1.54) is 6.07 Å². The van der Waals surface area contributed by atoms with Crippen LogP contribution in [-0.4, -0.2) is 19.9 Å². The lowest BCUT2D eigenvalue weighted by molar-refractivity contribution is -0.141. The Bertz CT molecular complexity index is 700. The second-order valence-electron chi connectivity index (χ2n) is 3.74. The van der Waals surface area contributed by atoms with Gasteiger partial charge in [0.1, 0.15) is 5.03 Å². The highest BCUT2D eigenvalue weighted by molar-refractivity contribution is 7.99. The fourth-order valence-electron chi connectivity index (χ4n) is 1.34. The summed E-state index contributed by atoms with van der Waals surface area (Å²) in [5.74, 6) is -0.502. The van der Waals surface area contributed by atoms with Crippen molar-refractivity contribution in [1.29, 1.82) is 0 Å². The number of aromatic amines is 1. The summed E-state index contributed by atoms with van der Waals surface area (Å²) < 4.78 is 37.8. The molecule has 2 rings (SSSR count). The van der Waals surface area contributed by atoms with E-state index in [9.17, 15) is 18.0 Å². The van der Waals surface area contributed by atoms with E-state index < -0.39 is 23.4 Å². The summed E-state index contributed by atoms with van der Waals surface area (Å²) in [6.45, 7) is 1.59. The molecule has 0 atom stereocenters. The van der Waals surface area contributed by atoms with E-state index in [-0.39, 0.29) is 10.2 Å². The van der Waals surface area contributed by atoms with E-state index in [2.05, 4.69) is 19.9 Å². The van der Waals surface area contributed by atoms with Crippen molar-refractivity contribution in [3.63, 3.8) is 0 Å². The van der Waals surface area contributed by atoms with Crippen LogP contribution in [0, 0.1) is 6.92 Å². The summed E-state index contributed by atoms with van der Waals surface area (Å²) in [5.41, 5.74) is 4.13. The van der Waals surface area contributed by atoms with Crippen LogP contribution >= 0.6 is 11.8 Å². The van der Waals surface area contributed by atoms with Gasteiger partial charge >= 0.3 is 6.18 Å². The van der Waals surface area contributed by atoms with Gasteiger partial charge in [-0.05, 0) is 18.7 Å². The van der Waals surface area contributed by atoms with Crippen molar-refractivity contribution >= 4 is 17.7 Å². The van der Waals surface area contributed by atoms with Crippen LogP contribution < -0.4 is 11.3 Å². The number of hydrogen-bond donors (Lipinski definition) is 2. The first-order chi connectivity index (χ1) is 9.24. The first-order valence-corrected chi connectivity index (χ1v) is 6.03. The normalized spacial score (nSPS) is 11.6. The molecule has 106 valence electrons. The molecule has 0 bridgehead atoms. The molecule has 0 fully saturated rings. The van der Waals surface area contributed by atoms with Crippen molar-refractivity contribution in [1.82, 2.24) is 19.9 Å². The molecule has 2 heterocycles. The van der Waals surface area contributed by atoms with Crippen LogP contribution in [0.2, 0.25) is 0 Å². The topological polar surface area (TPSA) is 97.5 Å². The zero-order valence-electron chi connectivity index (χ0n) is 10.0. The fraction of sp³-hybridized carbons (Fsp3) is 0.200.